The lowest BCUT2D eigenvalue weighted by Crippen LogP contribution is -2.52. The molecular weight excluding hydrogens is 690 g/mol. The molecule has 0 spiro atoms. The van der Waals surface area contributed by atoms with Gasteiger partial charge >= 0.3 is 18.2 Å². The Bertz CT molecular complexity index is 1530. The SMILES string of the molecule is CC(=O)OC(C(=O)CCC(C)(C)CCC(=O)CC(Cc1cc(F)ccc1F)NC(=O)OC(C)(C)C)C(COCc1ccccc1)NC(=O)OC(C)(C)C. The van der Waals surface area contributed by atoms with E-state index in [1.807, 2.05) is 44.2 Å². The molecule has 294 valence electrons. The lowest BCUT2D eigenvalue weighted by atomic mass is 9.81. The van der Waals surface area contributed by atoms with E-state index in [4.69, 9.17) is 18.9 Å². The molecule has 11 nitrogen and oxygen atoms in total. The van der Waals surface area contributed by atoms with Gasteiger partial charge in [0, 0.05) is 32.2 Å². The smallest absolute Gasteiger partial charge is 0.408 e. The fourth-order valence-corrected chi connectivity index (χ4v) is 5.29. The van der Waals surface area contributed by atoms with Crippen LogP contribution in [0.4, 0.5) is 18.4 Å². The molecule has 0 saturated heterocycles. The van der Waals surface area contributed by atoms with E-state index in [0.29, 0.717) is 12.8 Å². The van der Waals surface area contributed by atoms with Crippen molar-refractivity contribution in [2.45, 2.75) is 137 Å². The third-order valence-electron chi connectivity index (χ3n) is 7.88. The Morgan fingerprint density at radius 3 is 1.94 bits per heavy atom. The Balaban J connectivity index is 2.12. The third kappa shape index (κ3) is 18.8. The molecule has 0 saturated carbocycles. The number of ketones is 2. The van der Waals surface area contributed by atoms with Gasteiger partial charge in [0.15, 0.2) is 11.9 Å². The van der Waals surface area contributed by atoms with E-state index in [1.165, 1.54) is 6.92 Å². The van der Waals surface area contributed by atoms with Crippen molar-refractivity contribution >= 4 is 29.7 Å². The van der Waals surface area contributed by atoms with E-state index in [9.17, 15) is 32.8 Å². The van der Waals surface area contributed by atoms with Crippen LogP contribution in [-0.2, 0) is 46.4 Å². The number of Topliss-reactive ketones (excluding diaryl/α,β-unsaturated/α-hetero) is 2. The van der Waals surface area contributed by atoms with Crippen LogP contribution in [0, 0.1) is 17.0 Å². The molecule has 0 radical (unpaired) electrons. The van der Waals surface area contributed by atoms with Crippen LogP contribution in [0.25, 0.3) is 0 Å². The van der Waals surface area contributed by atoms with Crippen LogP contribution < -0.4 is 10.6 Å². The van der Waals surface area contributed by atoms with E-state index in [2.05, 4.69) is 10.6 Å². The maximum absolute atomic E-state index is 14.5. The number of amides is 2. The molecule has 0 bridgehead atoms. The van der Waals surface area contributed by atoms with Gasteiger partial charge in [-0.25, -0.2) is 18.4 Å². The highest BCUT2D eigenvalue weighted by molar-refractivity contribution is 5.87. The standard InChI is InChI=1S/C40H56F2N2O9/c1-26(45)51-35(33(44-37(49)53-39(5,6)7)25-50-24-27-13-11-10-12-14-27)34(47)18-20-40(8,9)19-17-31(46)23-30(43-36(48)52-38(2,3)4)22-28-21-29(41)15-16-32(28)42/h10-16,21,30,33,35H,17-20,22-25H2,1-9H3,(H,43,48)(H,44,49). The minimum absolute atomic E-state index is 0.00460. The van der Waals surface area contributed by atoms with Crippen molar-refractivity contribution in [2.75, 3.05) is 6.61 Å². The highest BCUT2D eigenvalue weighted by Crippen LogP contribution is 2.30. The normalized spacial score (nSPS) is 13.6. The van der Waals surface area contributed by atoms with Crippen LogP contribution in [0.3, 0.4) is 0 Å². The molecular formula is C40H56F2N2O9. The highest BCUT2D eigenvalue weighted by atomic mass is 19.1. The molecule has 2 rings (SSSR count). The fourth-order valence-electron chi connectivity index (χ4n) is 5.29. The summed E-state index contributed by atoms with van der Waals surface area (Å²) in [6.07, 6.45) is -2.62. The molecule has 0 heterocycles. The summed E-state index contributed by atoms with van der Waals surface area (Å²) >= 11 is 0. The molecule has 3 atom stereocenters. The van der Waals surface area contributed by atoms with E-state index in [0.717, 1.165) is 23.8 Å². The average Bonchev–Trinajstić information content (AvgIpc) is 3.01. The van der Waals surface area contributed by atoms with Crippen LogP contribution in [-0.4, -0.2) is 65.7 Å². The fraction of sp³-hybridized carbons (Fsp3) is 0.575. The number of hydrogen-bond acceptors (Lipinski definition) is 9. The van der Waals surface area contributed by atoms with Gasteiger partial charge in [0.2, 0.25) is 0 Å². The molecule has 13 heteroatoms. The number of benzene rings is 2. The lowest BCUT2D eigenvalue weighted by Gasteiger charge is -2.30. The van der Waals surface area contributed by atoms with Crippen LogP contribution in [0.5, 0.6) is 0 Å². The zero-order valence-corrected chi connectivity index (χ0v) is 32.4. The summed E-state index contributed by atoms with van der Waals surface area (Å²) in [6.45, 7) is 15.1. The Labute approximate surface area is 311 Å². The van der Waals surface area contributed by atoms with Crippen molar-refractivity contribution in [1.82, 2.24) is 10.6 Å². The Morgan fingerprint density at radius 1 is 0.774 bits per heavy atom. The molecule has 0 aliphatic rings. The van der Waals surface area contributed by atoms with Gasteiger partial charge in [-0.3, -0.25) is 14.4 Å². The predicted molar refractivity (Wildman–Crippen MR) is 195 cm³/mol. The van der Waals surface area contributed by atoms with Crippen molar-refractivity contribution in [3.8, 4) is 0 Å². The van der Waals surface area contributed by atoms with Crippen molar-refractivity contribution < 1.29 is 51.7 Å². The minimum atomic E-state index is -1.38. The van der Waals surface area contributed by atoms with Crippen molar-refractivity contribution in [3.05, 3.63) is 71.3 Å². The summed E-state index contributed by atoms with van der Waals surface area (Å²) in [5.41, 5.74) is -1.33. The second kappa shape index (κ2) is 20.2. The van der Waals surface area contributed by atoms with Gasteiger partial charge in [-0.1, -0.05) is 44.2 Å². The van der Waals surface area contributed by atoms with Gasteiger partial charge in [-0.15, -0.1) is 0 Å². The van der Waals surface area contributed by atoms with E-state index < -0.39 is 70.4 Å². The van der Waals surface area contributed by atoms with E-state index in [-0.39, 0.29) is 50.2 Å². The molecule has 2 N–H and O–H groups in total. The van der Waals surface area contributed by atoms with E-state index >= 15 is 0 Å². The largest absolute Gasteiger partial charge is 0.452 e. The molecule has 0 aliphatic heterocycles. The maximum Gasteiger partial charge on any atom is 0.408 e. The summed E-state index contributed by atoms with van der Waals surface area (Å²) in [5, 5.41) is 5.26. The Hall–Kier alpha value is -4.39. The van der Waals surface area contributed by atoms with Gasteiger partial charge in [0.25, 0.3) is 0 Å². The summed E-state index contributed by atoms with van der Waals surface area (Å²) in [4.78, 5) is 64.4. The van der Waals surface area contributed by atoms with Crippen LogP contribution in [0.2, 0.25) is 0 Å². The molecule has 0 aromatic heterocycles. The number of ether oxygens (including phenoxy) is 4. The van der Waals surface area contributed by atoms with Gasteiger partial charge in [-0.05, 0) is 95.5 Å². The predicted octanol–water partition coefficient (Wildman–Crippen LogP) is 7.56. The monoisotopic (exact) mass is 746 g/mol. The highest BCUT2D eigenvalue weighted by Gasteiger charge is 2.35. The summed E-state index contributed by atoms with van der Waals surface area (Å²) in [5.74, 6) is -2.73. The van der Waals surface area contributed by atoms with E-state index in [1.54, 1.807) is 41.5 Å². The summed E-state index contributed by atoms with van der Waals surface area (Å²) in [7, 11) is 0. The summed E-state index contributed by atoms with van der Waals surface area (Å²) in [6, 6.07) is 10.3. The quantitative estimate of drug-likeness (QED) is 0.110. The number of nitrogens with one attached hydrogen (secondary N) is 2. The van der Waals surface area contributed by atoms with Gasteiger partial charge in [0.1, 0.15) is 28.6 Å². The first-order valence-electron chi connectivity index (χ1n) is 17.8. The Morgan fingerprint density at radius 2 is 1.36 bits per heavy atom. The second-order valence-electron chi connectivity index (χ2n) is 15.9. The van der Waals surface area contributed by atoms with Crippen molar-refractivity contribution in [3.63, 3.8) is 0 Å². The van der Waals surface area contributed by atoms with Crippen molar-refractivity contribution in [1.29, 1.82) is 0 Å². The van der Waals surface area contributed by atoms with Crippen LogP contribution in [0.1, 0.15) is 106 Å². The number of carbonyl (C=O) groups excluding carboxylic acids is 5. The van der Waals surface area contributed by atoms with Crippen LogP contribution >= 0.6 is 0 Å². The second-order valence-corrected chi connectivity index (χ2v) is 15.9. The van der Waals surface area contributed by atoms with Gasteiger partial charge in [0.05, 0.1) is 19.3 Å². The first kappa shape index (κ1) is 44.8. The number of alkyl carbamates (subject to hydrolysis) is 2. The Kier molecular flexibility index (Phi) is 17.0. The molecule has 3 unspecified atom stereocenters. The van der Waals surface area contributed by atoms with Crippen LogP contribution in [0.15, 0.2) is 48.5 Å². The first-order valence-corrected chi connectivity index (χ1v) is 17.8. The molecule has 2 aromatic rings. The number of carbonyl (C=O) groups is 5. The molecule has 0 aliphatic carbocycles. The molecule has 2 amide bonds. The summed E-state index contributed by atoms with van der Waals surface area (Å²) < 4.78 is 50.4. The van der Waals surface area contributed by atoms with Crippen molar-refractivity contribution in [2.24, 2.45) is 5.41 Å². The zero-order chi connectivity index (χ0) is 40.0. The number of rotatable bonds is 19. The third-order valence-corrected chi connectivity index (χ3v) is 7.88. The first-order chi connectivity index (χ1) is 24.5. The topological polar surface area (TPSA) is 146 Å². The van der Waals surface area contributed by atoms with Gasteiger partial charge < -0.3 is 29.6 Å². The minimum Gasteiger partial charge on any atom is -0.452 e. The average molecular weight is 747 g/mol. The molecule has 2 aromatic carbocycles. The molecule has 53 heavy (non-hydrogen) atoms. The number of halogens is 2. The van der Waals surface area contributed by atoms with Gasteiger partial charge in [-0.2, -0.15) is 0 Å². The molecule has 0 fully saturated rings. The maximum atomic E-state index is 14.5. The number of esters is 1. The lowest BCUT2D eigenvalue weighted by molar-refractivity contribution is -0.156. The number of hydrogen-bond donors (Lipinski definition) is 2. The zero-order valence-electron chi connectivity index (χ0n) is 32.4.